The molecular weight excluding hydrogens is 251 g/mol. The van der Waals surface area contributed by atoms with Crippen LogP contribution in [0.25, 0.3) is 0 Å². The normalized spacial score (nSPS) is 11.8. The van der Waals surface area contributed by atoms with Crippen LogP contribution in [0.5, 0.6) is 0 Å². The molecular formula is C14H22ClFN2. The molecule has 0 fully saturated rings. The summed E-state index contributed by atoms with van der Waals surface area (Å²) < 4.78 is 13.5. The van der Waals surface area contributed by atoms with Crippen LogP contribution in [0.4, 0.5) is 4.39 Å². The molecule has 0 aromatic heterocycles. The summed E-state index contributed by atoms with van der Waals surface area (Å²) in [7, 11) is 0. The number of nitrogens with one attached hydrogen (secondary N) is 2. The summed E-state index contributed by atoms with van der Waals surface area (Å²) in [6.07, 6.45) is 0.612. The van der Waals surface area contributed by atoms with E-state index in [-0.39, 0.29) is 11.4 Å². The molecule has 2 N–H and O–H groups in total. The van der Waals surface area contributed by atoms with E-state index >= 15 is 0 Å². The molecule has 0 atom stereocenters. The Balaban J connectivity index is 2.22. The summed E-state index contributed by atoms with van der Waals surface area (Å²) in [6.45, 7) is 8.88. The van der Waals surface area contributed by atoms with E-state index in [1.165, 1.54) is 6.07 Å². The fraction of sp³-hybridized carbons (Fsp3) is 0.571. The number of benzene rings is 1. The van der Waals surface area contributed by atoms with E-state index in [9.17, 15) is 4.39 Å². The predicted molar refractivity (Wildman–Crippen MR) is 75.7 cm³/mol. The van der Waals surface area contributed by atoms with Gasteiger partial charge in [-0.1, -0.05) is 17.7 Å². The van der Waals surface area contributed by atoms with Crippen LogP contribution >= 0.6 is 11.6 Å². The third-order valence-corrected chi connectivity index (χ3v) is 2.92. The number of rotatable bonds is 6. The van der Waals surface area contributed by atoms with Gasteiger partial charge in [-0.15, -0.1) is 0 Å². The molecule has 0 radical (unpaired) electrons. The number of hydrogen-bond acceptors (Lipinski definition) is 2. The molecule has 0 saturated heterocycles. The van der Waals surface area contributed by atoms with Crippen molar-refractivity contribution in [3.8, 4) is 0 Å². The smallest absolute Gasteiger partial charge is 0.127 e. The average molecular weight is 273 g/mol. The largest absolute Gasteiger partial charge is 0.315 e. The Hall–Kier alpha value is -0.640. The molecule has 1 aromatic rings. The summed E-state index contributed by atoms with van der Waals surface area (Å²) in [6, 6.07) is 4.80. The Bertz CT molecular complexity index is 354. The second-order valence-electron chi connectivity index (χ2n) is 5.38. The van der Waals surface area contributed by atoms with Crippen LogP contribution in [0.2, 0.25) is 5.02 Å². The molecule has 0 saturated carbocycles. The average Bonchev–Trinajstić information content (AvgIpc) is 2.25. The van der Waals surface area contributed by atoms with Gasteiger partial charge < -0.3 is 10.6 Å². The second kappa shape index (κ2) is 7.07. The summed E-state index contributed by atoms with van der Waals surface area (Å²) in [5.74, 6) is -0.225. The van der Waals surface area contributed by atoms with Crippen molar-refractivity contribution < 1.29 is 4.39 Å². The maximum atomic E-state index is 13.5. The van der Waals surface area contributed by atoms with Crippen LogP contribution in [0, 0.1) is 5.82 Å². The highest BCUT2D eigenvalue weighted by atomic mass is 35.5. The minimum absolute atomic E-state index is 0.135. The predicted octanol–water partition coefficient (Wildman–Crippen LogP) is 3.00. The lowest BCUT2D eigenvalue weighted by Gasteiger charge is -2.20. The van der Waals surface area contributed by atoms with E-state index in [1.807, 2.05) is 0 Å². The maximum Gasteiger partial charge on any atom is 0.127 e. The van der Waals surface area contributed by atoms with Gasteiger partial charge in [0.2, 0.25) is 0 Å². The van der Waals surface area contributed by atoms with Crippen molar-refractivity contribution in [2.24, 2.45) is 0 Å². The molecule has 2 nitrogen and oxygen atoms in total. The highest BCUT2D eigenvalue weighted by Gasteiger charge is 2.08. The van der Waals surface area contributed by atoms with Gasteiger partial charge in [0, 0.05) is 29.2 Å². The highest BCUT2D eigenvalue weighted by molar-refractivity contribution is 6.31. The van der Waals surface area contributed by atoms with Crippen molar-refractivity contribution >= 4 is 11.6 Å². The monoisotopic (exact) mass is 272 g/mol. The molecule has 0 bridgehead atoms. The fourth-order valence-electron chi connectivity index (χ4n) is 1.64. The van der Waals surface area contributed by atoms with Crippen LogP contribution < -0.4 is 10.6 Å². The van der Waals surface area contributed by atoms with Gasteiger partial charge in [0.15, 0.2) is 0 Å². The zero-order chi connectivity index (χ0) is 13.6. The highest BCUT2D eigenvalue weighted by Crippen LogP contribution is 2.18. The summed E-state index contributed by atoms with van der Waals surface area (Å²) in [5.41, 5.74) is 0.728. The van der Waals surface area contributed by atoms with E-state index in [2.05, 4.69) is 31.4 Å². The van der Waals surface area contributed by atoms with Gasteiger partial charge in [-0.3, -0.25) is 0 Å². The zero-order valence-electron chi connectivity index (χ0n) is 11.3. The third kappa shape index (κ3) is 5.80. The van der Waals surface area contributed by atoms with Crippen molar-refractivity contribution in [1.29, 1.82) is 0 Å². The zero-order valence-corrected chi connectivity index (χ0v) is 12.1. The van der Waals surface area contributed by atoms with Crippen LogP contribution in [0.1, 0.15) is 26.3 Å². The number of halogens is 2. The Morgan fingerprint density at radius 1 is 1.17 bits per heavy atom. The SMILES string of the molecule is CC(C)(C)NCCNCCc1c(F)cccc1Cl. The van der Waals surface area contributed by atoms with Crippen LogP contribution in [0.15, 0.2) is 18.2 Å². The van der Waals surface area contributed by atoms with Gasteiger partial charge in [0.25, 0.3) is 0 Å². The molecule has 4 heteroatoms. The summed E-state index contributed by atoms with van der Waals surface area (Å²) in [5, 5.41) is 7.16. The molecule has 18 heavy (non-hydrogen) atoms. The Labute approximate surface area is 114 Å². The molecule has 1 aromatic carbocycles. The second-order valence-corrected chi connectivity index (χ2v) is 5.78. The van der Waals surface area contributed by atoms with Gasteiger partial charge in [-0.25, -0.2) is 4.39 Å². The Kier molecular flexibility index (Phi) is 6.06. The first-order chi connectivity index (χ1) is 8.40. The topological polar surface area (TPSA) is 24.1 Å². The van der Waals surface area contributed by atoms with Gasteiger partial charge in [0.1, 0.15) is 5.82 Å². The van der Waals surface area contributed by atoms with Crippen molar-refractivity contribution in [3.05, 3.63) is 34.6 Å². The minimum atomic E-state index is -0.225. The molecule has 102 valence electrons. The Morgan fingerprint density at radius 2 is 1.89 bits per heavy atom. The number of hydrogen-bond donors (Lipinski definition) is 2. The third-order valence-electron chi connectivity index (χ3n) is 2.57. The fourth-order valence-corrected chi connectivity index (χ4v) is 1.89. The van der Waals surface area contributed by atoms with Crippen molar-refractivity contribution in [2.75, 3.05) is 19.6 Å². The van der Waals surface area contributed by atoms with E-state index in [0.29, 0.717) is 17.0 Å². The molecule has 0 amide bonds. The molecule has 0 heterocycles. The van der Waals surface area contributed by atoms with E-state index in [1.54, 1.807) is 12.1 Å². The maximum absolute atomic E-state index is 13.5. The first-order valence-electron chi connectivity index (χ1n) is 6.29. The molecule has 0 spiro atoms. The lowest BCUT2D eigenvalue weighted by atomic mass is 10.1. The first kappa shape index (κ1) is 15.4. The minimum Gasteiger partial charge on any atom is -0.315 e. The molecule has 0 unspecified atom stereocenters. The molecule has 0 aliphatic carbocycles. The van der Waals surface area contributed by atoms with E-state index in [0.717, 1.165) is 19.6 Å². The lowest BCUT2D eigenvalue weighted by Crippen LogP contribution is -2.40. The van der Waals surface area contributed by atoms with Crippen LogP contribution in [0.3, 0.4) is 0 Å². The van der Waals surface area contributed by atoms with Crippen LogP contribution in [-0.2, 0) is 6.42 Å². The van der Waals surface area contributed by atoms with E-state index in [4.69, 9.17) is 11.6 Å². The molecule has 0 aliphatic heterocycles. The van der Waals surface area contributed by atoms with Gasteiger partial charge >= 0.3 is 0 Å². The summed E-state index contributed by atoms with van der Waals surface area (Å²) >= 11 is 5.95. The van der Waals surface area contributed by atoms with Gasteiger partial charge in [0.05, 0.1) is 0 Å². The standard InChI is InChI=1S/C14H22ClFN2/c1-14(2,3)18-10-9-17-8-7-11-12(15)5-4-6-13(11)16/h4-6,17-18H,7-10H2,1-3H3. The van der Waals surface area contributed by atoms with Crippen LogP contribution in [-0.4, -0.2) is 25.2 Å². The van der Waals surface area contributed by atoms with Crippen molar-refractivity contribution in [3.63, 3.8) is 0 Å². The summed E-state index contributed by atoms with van der Waals surface area (Å²) in [4.78, 5) is 0. The first-order valence-corrected chi connectivity index (χ1v) is 6.66. The molecule has 1 rings (SSSR count). The lowest BCUT2D eigenvalue weighted by molar-refractivity contribution is 0.422. The van der Waals surface area contributed by atoms with Crippen molar-refractivity contribution in [1.82, 2.24) is 10.6 Å². The van der Waals surface area contributed by atoms with Crippen molar-refractivity contribution in [2.45, 2.75) is 32.7 Å². The van der Waals surface area contributed by atoms with E-state index < -0.39 is 0 Å². The molecule has 0 aliphatic rings. The van der Waals surface area contributed by atoms with Gasteiger partial charge in [-0.2, -0.15) is 0 Å². The Morgan fingerprint density at radius 3 is 2.50 bits per heavy atom. The van der Waals surface area contributed by atoms with Gasteiger partial charge in [-0.05, 0) is 45.9 Å². The quantitative estimate of drug-likeness (QED) is 0.778.